The summed E-state index contributed by atoms with van der Waals surface area (Å²) in [5.74, 6) is 0. The molecule has 2 heteroatoms. The topological polar surface area (TPSA) is 3.24 Å². The summed E-state index contributed by atoms with van der Waals surface area (Å²) in [6.07, 6.45) is 15.6. The van der Waals surface area contributed by atoms with E-state index in [0.717, 1.165) is 11.3 Å². The molecule has 1 nitrogen and oxygen atoms in total. The molecule has 0 N–H and O–H groups in total. The van der Waals surface area contributed by atoms with E-state index >= 15 is 0 Å². The third-order valence-corrected chi connectivity index (χ3v) is 10.2. The van der Waals surface area contributed by atoms with Gasteiger partial charge in [-0.2, -0.15) is 0 Å². The van der Waals surface area contributed by atoms with Crippen LogP contribution >= 0.6 is 7.92 Å². The number of rotatable bonds is 6. The van der Waals surface area contributed by atoms with Gasteiger partial charge in [0.05, 0.1) is 0 Å². The zero-order valence-electron chi connectivity index (χ0n) is 17.8. The lowest BCUT2D eigenvalue weighted by Crippen LogP contribution is -2.25. The van der Waals surface area contributed by atoms with E-state index in [1.165, 1.54) is 87.4 Å². The van der Waals surface area contributed by atoms with Crippen molar-refractivity contribution >= 4 is 19.3 Å². The Morgan fingerprint density at radius 1 is 0.621 bits per heavy atom. The molecule has 0 heterocycles. The Kier molecular flexibility index (Phi) is 7.44. The van der Waals surface area contributed by atoms with Crippen LogP contribution < -0.4 is 4.90 Å². The lowest BCUT2D eigenvalue weighted by atomic mass is 10.0. The molecule has 0 bridgehead atoms. The minimum atomic E-state index is -0.230. The fraction of sp³-hybridized carbons (Fsp3) is 0.481. The van der Waals surface area contributed by atoms with Gasteiger partial charge in [0.15, 0.2) is 0 Å². The van der Waals surface area contributed by atoms with Crippen molar-refractivity contribution in [2.45, 2.75) is 81.9 Å². The van der Waals surface area contributed by atoms with Crippen molar-refractivity contribution in [3.63, 3.8) is 0 Å². The van der Waals surface area contributed by atoms with Crippen LogP contribution in [0, 0.1) is 0 Å². The number of nitrogens with zero attached hydrogens (tertiary/aromatic N) is 1. The Morgan fingerprint density at radius 3 is 1.41 bits per heavy atom. The lowest BCUT2D eigenvalue weighted by Gasteiger charge is -2.42. The van der Waals surface area contributed by atoms with Gasteiger partial charge in [-0.15, -0.1) is 0 Å². The first-order valence-corrected chi connectivity index (χ1v) is 13.2. The van der Waals surface area contributed by atoms with Crippen LogP contribution in [0.5, 0.6) is 0 Å². The molecule has 2 aromatic rings. The SMILES string of the molecule is C=C(N(c1ccccc1)c1ccccc1)P(C1CCCCCC1)C1CCCCC1. The fourth-order valence-corrected chi connectivity index (χ4v) is 9.08. The molecule has 2 fully saturated rings. The van der Waals surface area contributed by atoms with Crippen LogP contribution in [0.15, 0.2) is 72.7 Å². The standard InChI is InChI=1S/C27H36NP/c1-23(28(24-15-7-4-8-16-24)25-17-9-5-10-18-25)29(27-21-13-6-14-22-27)26-19-11-2-3-12-20-26/h4-5,7-10,15-18,26-27H,1-3,6,11-14,19-22H2. The van der Waals surface area contributed by atoms with Crippen LogP contribution in [-0.2, 0) is 0 Å². The van der Waals surface area contributed by atoms with Crippen molar-refractivity contribution in [3.8, 4) is 0 Å². The first kappa shape index (κ1) is 20.7. The van der Waals surface area contributed by atoms with Gasteiger partial charge in [0.25, 0.3) is 0 Å². The summed E-state index contributed by atoms with van der Waals surface area (Å²) in [6, 6.07) is 21.9. The summed E-state index contributed by atoms with van der Waals surface area (Å²) in [5.41, 5.74) is 5.65. The molecular formula is C27H36NP. The highest BCUT2D eigenvalue weighted by Crippen LogP contribution is 2.62. The fourth-order valence-electron chi connectivity index (χ4n) is 5.33. The average Bonchev–Trinajstić information content (AvgIpc) is 3.06. The van der Waals surface area contributed by atoms with Crippen molar-refractivity contribution in [2.75, 3.05) is 4.90 Å². The summed E-state index contributed by atoms with van der Waals surface area (Å²) in [5, 5.41) is 0. The van der Waals surface area contributed by atoms with Crippen molar-refractivity contribution in [3.05, 3.63) is 72.7 Å². The maximum Gasteiger partial charge on any atom is 0.0461 e. The average molecular weight is 406 g/mol. The van der Waals surface area contributed by atoms with Gasteiger partial charge < -0.3 is 4.90 Å². The van der Waals surface area contributed by atoms with Crippen molar-refractivity contribution in [1.82, 2.24) is 0 Å². The van der Waals surface area contributed by atoms with Crippen molar-refractivity contribution in [2.24, 2.45) is 0 Å². The third kappa shape index (κ3) is 5.13. The Morgan fingerprint density at radius 2 is 1.00 bits per heavy atom. The number of benzene rings is 2. The lowest BCUT2D eigenvalue weighted by molar-refractivity contribution is 0.507. The zero-order chi connectivity index (χ0) is 19.9. The van der Waals surface area contributed by atoms with Gasteiger partial charge >= 0.3 is 0 Å². The molecule has 0 spiro atoms. The molecule has 2 aliphatic carbocycles. The molecule has 1 atom stereocenters. The number of para-hydroxylation sites is 2. The van der Waals surface area contributed by atoms with Gasteiger partial charge in [0, 0.05) is 16.8 Å². The van der Waals surface area contributed by atoms with E-state index in [-0.39, 0.29) is 7.92 Å². The van der Waals surface area contributed by atoms with Crippen LogP contribution in [0.3, 0.4) is 0 Å². The maximum atomic E-state index is 4.84. The molecule has 29 heavy (non-hydrogen) atoms. The molecule has 0 radical (unpaired) electrons. The highest BCUT2D eigenvalue weighted by Gasteiger charge is 2.35. The third-order valence-electron chi connectivity index (χ3n) is 6.77. The second kappa shape index (κ2) is 10.4. The maximum absolute atomic E-state index is 4.84. The van der Waals surface area contributed by atoms with Crippen LogP contribution in [-0.4, -0.2) is 11.3 Å². The van der Waals surface area contributed by atoms with Gasteiger partial charge in [-0.05, 0) is 61.3 Å². The van der Waals surface area contributed by atoms with Gasteiger partial charge in [0.2, 0.25) is 0 Å². The smallest absolute Gasteiger partial charge is 0.0461 e. The van der Waals surface area contributed by atoms with E-state index in [4.69, 9.17) is 6.58 Å². The second-order valence-corrected chi connectivity index (χ2v) is 11.6. The Balaban J connectivity index is 1.71. The molecule has 0 saturated heterocycles. The van der Waals surface area contributed by atoms with Crippen LogP contribution in [0.4, 0.5) is 11.4 Å². The number of hydrogen-bond acceptors (Lipinski definition) is 1. The summed E-state index contributed by atoms with van der Waals surface area (Å²) >= 11 is 0. The Labute approximate surface area is 179 Å². The second-order valence-electron chi connectivity index (χ2n) is 8.77. The first-order valence-electron chi connectivity index (χ1n) is 11.7. The number of hydrogen-bond donors (Lipinski definition) is 0. The van der Waals surface area contributed by atoms with Gasteiger partial charge in [-0.3, -0.25) is 0 Å². The van der Waals surface area contributed by atoms with Crippen molar-refractivity contribution in [1.29, 1.82) is 0 Å². The Hall–Kier alpha value is -1.59. The van der Waals surface area contributed by atoms with E-state index in [1.54, 1.807) is 0 Å². The van der Waals surface area contributed by atoms with E-state index in [0.29, 0.717) is 0 Å². The highest BCUT2D eigenvalue weighted by molar-refractivity contribution is 7.63. The minimum absolute atomic E-state index is 0.230. The molecule has 0 amide bonds. The monoisotopic (exact) mass is 405 g/mol. The van der Waals surface area contributed by atoms with Gasteiger partial charge in [-0.25, -0.2) is 0 Å². The zero-order valence-corrected chi connectivity index (χ0v) is 18.7. The molecule has 0 aliphatic heterocycles. The van der Waals surface area contributed by atoms with Crippen LogP contribution in [0.2, 0.25) is 0 Å². The minimum Gasteiger partial charge on any atom is -0.311 e. The van der Waals surface area contributed by atoms with Crippen molar-refractivity contribution < 1.29 is 0 Å². The predicted octanol–water partition coefficient (Wildman–Crippen LogP) is 8.83. The molecule has 2 saturated carbocycles. The molecule has 4 rings (SSSR count). The predicted molar refractivity (Wildman–Crippen MR) is 129 cm³/mol. The summed E-state index contributed by atoms with van der Waals surface area (Å²) in [4.78, 5) is 2.49. The number of anilines is 2. The quantitative estimate of drug-likeness (QED) is 0.343. The van der Waals surface area contributed by atoms with E-state index in [9.17, 15) is 0 Å². The van der Waals surface area contributed by atoms with Crippen LogP contribution in [0.1, 0.15) is 70.6 Å². The summed E-state index contributed by atoms with van der Waals surface area (Å²) < 4.78 is 0. The molecule has 1 unspecified atom stereocenters. The normalized spacial score (nSPS) is 20.0. The van der Waals surface area contributed by atoms with E-state index in [2.05, 4.69) is 65.6 Å². The molecular weight excluding hydrogens is 369 g/mol. The van der Waals surface area contributed by atoms with E-state index < -0.39 is 0 Å². The largest absolute Gasteiger partial charge is 0.311 e. The van der Waals surface area contributed by atoms with Crippen LogP contribution in [0.25, 0.3) is 0 Å². The first-order chi connectivity index (χ1) is 14.3. The van der Waals surface area contributed by atoms with Gasteiger partial charge in [0.1, 0.15) is 0 Å². The Bertz CT molecular complexity index is 703. The molecule has 0 aromatic heterocycles. The highest BCUT2D eigenvalue weighted by atomic mass is 31.1. The molecule has 2 aliphatic rings. The summed E-state index contributed by atoms with van der Waals surface area (Å²) in [6.45, 7) is 4.84. The van der Waals surface area contributed by atoms with E-state index in [1.807, 2.05) is 0 Å². The summed E-state index contributed by atoms with van der Waals surface area (Å²) in [7, 11) is -0.230. The van der Waals surface area contributed by atoms with Gasteiger partial charge in [-0.1, -0.05) is 95.8 Å². The molecule has 154 valence electrons. The molecule has 2 aromatic carbocycles.